The lowest BCUT2D eigenvalue weighted by atomic mass is 10.2. The highest BCUT2D eigenvalue weighted by atomic mass is 16.4. The van der Waals surface area contributed by atoms with Gasteiger partial charge in [0.15, 0.2) is 0 Å². The number of rotatable bonds is 9. The number of carbonyl (C=O) groups is 1. The highest BCUT2D eigenvalue weighted by molar-refractivity contribution is 5.66. The Bertz CT molecular complexity index is 144. The fourth-order valence-corrected chi connectivity index (χ4v) is 1.35. The van der Waals surface area contributed by atoms with Gasteiger partial charge in [-0.1, -0.05) is 26.7 Å². The first-order valence-corrected chi connectivity index (χ1v) is 5.64. The molecule has 4 N–H and O–H groups in total. The summed E-state index contributed by atoms with van der Waals surface area (Å²) in [7, 11) is 0. The van der Waals surface area contributed by atoms with E-state index in [2.05, 4.69) is 18.7 Å². The van der Waals surface area contributed by atoms with Crippen LogP contribution >= 0.6 is 0 Å². The summed E-state index contributed by atoms with van der Waals surface area (Å²) in [5.74, 6) is -0.692. The largest absolute Gasteiger partial charge is 0.481 e. The van der Waals surface area contributed by atoms with Gasteiger partial charge < -0.3 is 16.2 Å². The lowest BCUT2D eigenvalue weighted by Gasteiger charge is -2.20. The predicted molar refractivity (Wildman–Crippen MR) is 63.5 cm³/mol. The average molecular weight is 218 g/mol. The molecule has 0 fully saturated rings. The number of aliphatic carboxylic acids is 1. The van der Waals surface area contributed by atoms with Crippen LogP contribution in [0.15, 0.2) is 0 Å². The van der Waals surface area contributed by atoms with Crippen LogP contribution in [-0.2, 0) is 4.79 Å². The fourth-order valence-electron chi connectivity index (χ4n) is 1.35. The van der Waals surface area contributed by atoms with Crippen LogP contribution in [0.1, 0.15) is 46.0 Å². The number of hydrogen-bond acceptors (Lipinski definition) is 3. The van der Waals surface area contributed by atoms with E-state index in [1.54, 1.807) is 0 Å². The molecule has 0 saturated heterocycles. The second-order valence-corrected chi connectivity index (χ2v) is 3.69. The molecule has 0 heterocycles. The summed E-state index contributed by atoms with van der Waals surface area (Å²) in [5, 5.41) is 8.59. The zero-order valence-corrected chi connectivity index (χ0v) is 10.2. The maximum absolute atomic E-state index is 10.4. The van der Waals surface area contributed by atoms with Gasteiger partial charge in [0.05, 0.1) is 6.42 Å². The number of hydrogen-bond donors (Lipinski definition) is 2. The summed E-state index contributed by atoms with van der Waals surface area (Å²) in [5.41, 5.74) is 0. The molecule has 0 radical (unpaired) electrons. The molecule has 0 unspecified atom stereocenters. The molecule has 4 heteroatoms. The molecule has 0 saturated carbocycles. The molecule has 0 atom stereocenters. The molecule has 0 spiro atoms. The molecule has 0 aliphatic heterocycles. The van der Waals surface area contributed by atoms with Crippen LogP contribution in [0.25, 0.3) is 0 Å². The number of carboxylic acids is 1. The zero-order chi connectivity index (χ0) is 10.8. The Kier molecular flexibility index (Phi) is 12.8. The molecule has 15 heavy (non-hydrogen) atoms. The molecule has 0 aromatic heterocycles. The van der Waals surface area contributed by atoms with Crippen LogP contribution in [0.5, 0.6) is 0 Å². The molecular weight excluding hydrogens is 192 g/mol. The highest BCUT2D eigenvalue weighted by Gasteiger charge is 2.05. The first-order valence-electron chi connectivity index (χ1n) is 5.64. The molecule has 0 aromatic rings. The lowest BCUT2D eigenvalue weighted by molar-refractivity contribution is -0.137. The topological polar surface area (TPSA) is 75.5 Å². The van der Waals surface area contributed by atoms with E-state index in [-0.39, 0.29) is 12.6 Å². The van der Waals surface area contributed by atoms with Crippen molar-refractivity contribution in [1.82, 2.24) is 11.1 Å². The van der Waals surface area contributed by atoms with Crippen LogP contribution in [0.4, 0.5) is 0 Å². The monoisotopic (exact) mass is 218 g/mol. The van der Waals surface area contributed by atoms with Gasteiger partial charge in [-0.25, -0.2) is 0 Å². The minimum atomic E-state index is -0.692. The zero-order valence-electron chi connectivity index (χ0n) is 10.2. The van der Waals surface area contributed by atoms with E-state index in [9.17, 15) is 4.79 Å². The fraction of sp³-hybridized carbons (Fsp3) is 0.909. The second-order valence-electron chi connectivity index (χ2n) is 3.69. The Morgan fingerprint density at radius 2 is 1.53 bits per heavy atom. The summed E-state index contributed by atoms with van der Waals surface area (Å²) < 4.78 is 0. The van der Waals surface area contributed by atoms with Crippen LogP contribution in [0.3, 0.4) is 0 Å². The van der Waals surface area contributed by atoms with E-state index in [0.29, 0.717) is 6.54 Å². The predicted octanol–water partition coefficient (Wildman–Crippen LogP) is 2.53. The first kappa shape index (κ1) is 16.8. The standard InChI is InChI=1S/C11H23NO2.H3N/c1-3-5-8-12(9-6-4-2)10-7-11(13)14;/h3-10H2,1-2H3,(H,13,14);1H3. The Morgan fingerprint density at radius 1 is 1.07 bits per heavy atom. The van der Waals surface area contributed by atoms with Crippen LogP contribution < -0.4 is 6.15 Å². The smallest absolute Gasteiger partial charge is 0.304 e. The third kappa shape index (κ3) is 11.3. The van der Waals surface area contributed by atoms with Crippen molar-refractivity contribution < 1.29 is 9.90 Å². The van der Waals surface area contributed by atoms with Gasteiger partial charge in [0.25, 0.3) is 0 Å². The molecule has 92 valence electrons. The first-order chi connectivity index (χ1) is 6.70. The minimum absolute atomic E-state index is 0. The van der Waals surface area contributed by atoms with Gasteiger partial charge in [-0.15, -0.1) is 0 Å². The van der Waals surface area contributed by atoms with Crippen molar-refractivity contribution in [2.24, 2.45) is 0 Å². The summed E-state index contributed by atoms with van der Waals surface area (Å²) in [4.78, 5) is 12.7. The van der Waals surface area contributed by atoms with Gasteiger partial charge >= 0.3 is 5.97 Å². The third-order valence-electron chi connectivity index (χ3n) is 2.30. The summed E-state index contributed by atoms with van der Waals surface area (Å²) in [6, 6.07) is 0. The SMILES string of the molecule is CCCCN(CCCC)CCC(=O)O.N. The Labute approximate surface area is 93.2 Å². The molecule has 0 aromatic carbocycles. The third-order valence-corrected chi connectivity index (χ3v) is 2.30. The van der Waals surface area contributed by atoms with Gasteiger partial charge in [0.2, 0.25) is 0 Å². The van der Waals surface area contributed by atoms with Crippen molar-refractivity contribution in [3.05, 3.63) is 0 Å². The quantitative estimate of drug-likeness (QED) is 0.623. The second kappa shape index (κ2) is 11.5. The maximum Gasteiger partial charge on any atom is 0.304 e. The maximum atomic E-state index is 10.4. The van der Waals surface area contributed by atoms with Crippen molar-refractivity contribution in [3.63, 3.8) is 0 Å². The average Bonchev–Trinajstić information content (AvgIpc) is 2.16. The van der Waals surface area contributed by atoms with Crippen molar-refractivity contribution in [1.29, 1.82) is 0 Å². The lowest BCUT2D eigenvalue weighted by Crippen LogP contribution is -2.28. The Morgan fingerprint density at radius 3 is 1.87 bits per heavy atom. The van der Waals surface area contributed by atoms with E-state index in [1.165, 1.54) is 25.7 Å². The molecule has 4 nitrogen and oxygen atoms in total. The minimum Gasteiger partial charge on any atom is -0.481 e. The molecule has 0 aliphatic rings. The van der Waals surface area contributed by atoms with Gasteiger partial charge in [0.1, 0.15) is 0 Å². The molecule has 0 amide bonds. The van der Waals surface area contributed by atoms with E-state index in [0.717, 1.165) is 13.1 Å². The van der Waals surface area contributed by atoms with Gasteiger partial charge in [-0.2, -0.15) is 0 Å². The van der Waals surface area contributed by atoms with Crippen molar-refractivity contribution in [3.8, 4) is 0 Å². The van der Waals surface area contributed by atoms with Gasteiger partial charge in [-0.05, 0) is 25.9 Å². The van der Waals surface area contributed by atoms with Crippen molar-refractivity contribution >= 4 is 5.97 Å². The van der Waals surface area contributed by atoms with Crippen molar-refractivity contribution in [2.75, 3.05) is 19.6 Å². The number of carboxylic acid groups (broad SMARTS) is 1. The number of nitrogens with zero attached hydrogens (tertiary/aromatic N) is 1. The van der Waals surface area contributed by atoms with Crippen LogP contribution in [-0.4, -0.2) is 35.6 Å². The summed E-state index contributed by atoms with van der Waals surface area (Å²) >= 11 is 0. The summed E-state index contributed by atoms with van der Waals surface area (Å²) in [6.45, 7) is 7.12. The van der Waals surface area contributed by atoms with E-state index >= 15 is 0 Å². The number of unbranched alkanes of at least 4 members (excludes halogenated alkanes) is 2. The molecular formula is C11H26N2O2. The molecule has 0 aliphatic carbocycles. The van der Waals surface area contributed by atoms with E-state index < -0.39 is 5.97 Å². The summed E-state index contributed by atoms with van der Waals surface area (Å²) in [6.07, 6.45) is 4.96. The van der Waals surface area contributed by atoms with Gasteiger partial charge in [0, 0.05) is 6.54 Å². The Balaban J connectivity index is 0. The highest BCUT2D eigenvalue weighted by Crippen LogP contribution is 2.00. The van der Waals surface area contributed by atoms with E-state index in [4.69, 9.17) is 5.11 Å². The molecule has 0 bridgehead atoms. The molecule has 0 rings (SSSR count). The normalized spacial score (nSPS) is 10.1. The van der Waals surface area contributed by atoms with Crippen LogP contribution in [0.2, 0.25) is 0 Å². The van der Waals surface area contributed by atoms with Gasteiger partial charge in [-0.3, -0.25) is 4.79 Å². The van der Waals surface area contributed by atoms with Crippen molar-refractivity contribution in [2.45, 2.75) is 46.0 Å². The van der Waals surface area contributed by atoms with E-state index in [1.807, 2.05) is 0 Å². The van der Waals surface area contributed by atoms with Crippen LogP contribution in [0, 0.1) is 0 Å². The Hall–Kier alpha value is -0.610.